The van der Waals surface area contributed by atoms with Crippen molar-refractivity contribution >= 4 is 11.7 Å². The monoisotopic (exact) mass is 494 g/mol. The van der Waals surface area contributed by atoms with Crippen LogP contribution in [-0.2, 0) is 29.7 Å². The molecule has 0 amide bonds. The Balaban J connectivity index is 1.52. The van der Waals surface area contributed by atoms with Gasteiger partial charge in [-0.25, -0.2) is 0 Å². The number of aliphatic carboxylic acids is 1. The molecule has 3 aromatic carbocycles. The average Bonchev–Trinajstić information content (AvgIpc) is 2.92. The van der Waals surface area contributed by atoms with Gasteiger partial charge in [0.2, 0.25) is 0 Å². The van der Waals surface area contributed by atoms with Crippen LogP contribution in [0.5, 0.6) is 0 Å². The molecule has 0 radical (unpaired) electrons. The first-order chi connectivity index (χ1) is 17.9. The zero-order valence-corrected chi connectivity index (χ0v) is 20.7. The molecule has 188 valence electrons. The van der Waals surface area contributed by atoms with Gasteiger partial charge in [-0.2, -0.15) is 0 Å². The second-order valence-corrected chi connectivity index (χ2v) is 9.92. The summed E-state index contributed by atoms with van der Waals surface area (Å²) < 4.78 is 0. The third-order valence-corrected chi connectivity index (χ3v) is 7.55. The van der Waals surface area contributed by atoms with E-state index in [1.54, 1.807) is 12.1 Å². The first-order valence-corrected chi connectivity index (χ1v) is 12.7. The second kappa shape index (κ2) is 10.5. The van der Waals surface area contributed by atoms with Crippen LogP contribution in [-0.4, -0.2) is 27.4 Å². The molecule has 1 unspecified atom stereocenters. The summed E-state index contributed by atoms with van der Waals surface area (Å²) in [5.41, 5.74) is 6.74. The van der Waals surface area contributed by atoms with Crippen LogP contribution in [0.2, 0.25) is 0 Å². The van der Waals surface area contributed by atoms with Crippen LogP contribution >= 0.6 is 0 Å². The summed E-state index contributed by atoms with van der Waals surface area (Å²) >= 11 is 0. The summed E-state index contributed by atoms with van der Waals surface area (Å²) in [5, 5.41) is 20.6. The van der Waals surface area contributed by atoms with Crippen molar-refractivity contribution < 1.29 is 14.8 Å². The highest BCUT2D eigenvalue weighted by Crippen LogP contribution is 2.45. The number of rotatable bonds is 8. The number of allylic oxidation sites excluding steroid dienone is 4. The molecule has 1 atom stereocenters. The Hall–Kier alpha value is -4.03. The molecule has 1 heterocycles. The summed E-state index contributed by atoms with van der Waals surface area (Å²) in [6.45, 7) is 2.71. The molecule has 0 saturated heterocycles. The smallest absolute Gasteiger partial charge is 0.303 e. The van der Waals surface area contributed by atoms with Crippen molar-refractivity contribution in [2.45, 2.75) is 44.2 Å². The fourth-order valence-electron chi connectivity index (χ4n) is 5.75. The van der Waals surface area contributed by atoms with Crippen molar-refractivity contribution in [3.8, 4) is 0 Å². The molecule has 0 aromatic heterocycles. The Bertz CT molecular complexity index is 1360. The average molecular weight is 495 g/mol. The van der Waals surface area contributed by atoms with E-state index in [4.69, 9.17) is 0 Å². The summed E-state index contributed by atoms with van der Waals surface area (Å²) in [7, 11) is 0. The molecule has 1 aliphatic carbocycles. The van der Waals surface area contributed by atoms with E-state index >= 15 is 0 Å². The highest BCUT2D eigenvalue weighted by Gasteiger charge is 2.37. The molecule has 0 bridgehead atoms. The van der Waals surface area contributed by atoms with Gasteiger partial charge in [-0.1, -0.05) is 84.5 Å². The molecule has 0 fully saturated rings. The molecule has 37 heavy (non-hydrogen) atoms. The molecular formula is C31H30N2O4. The van der Waals surface area contributed by atoms with Gasteiger partial charge in [0.25, 0.3) is 5.69 Å². The van der Waals surface area contributed by atoms with Crippen molar-refractivity contribution in [1.82, 2.24) is 4.90 Å². The zero-order valence-electron chi connectivity index (χ0n) is 20.7. The maximum Gasteiger partial charge on any atom is 0.303 e. The van der Waals surface area contributed by atoms with Gasteiger partial charge >= 0.3 is 5.97 Å². The number of non-ortho nitro benzene ring substituents is 1. The number of hydrogen-bond donors (Lipinski definition) is 1. The molecule has 6 nitrogen and oxygen atoms in total. The highest BCUT2D eigenvalue weighted by atomic mass is 16.6. The summed E-state index contributed by atoms with van der Waals surface area (Å²) in [6, 6.07) is 23.8. The van der Waals surface area contributed by atoms with Crippen LogP contribution in [0.1, 0.15) is 47.1 Å². The third kappa shape index (κ3) is 5.25. The Morgan fingerprint density at radius 3 is 2.54 bits per heavy atom. The lowest BCUT2D eigenvalue weighted by Gasteiger charge is -2.39. The maximum atomic E-state index is 11.3. The van der Waals surface area contributed by atoms with Crippen LogP contribution in [0.15, 0.2) is 96.6 Å². The number of hydrogen-bond acceptors (Lipinski definition) is 4. The minimum absolute atomic E-state index is 0.0620. The van der Waals surface area contributed by atoms with Crippen LogP contribution in [0.25, 0.3) is 0 Å². The number of nitrogens with zero attached hydrogens (tertiary/aromatic N) is 2. The number of nitro groups is 1. The molecule has 3 aromatic rings. The standard InChI is InChI=1S/C31H30N2O4/c34-30(35)16-11-23-8-5-18-31(20-23,26-12-14-27(15-13-26)33(36)37)29-10-4-9-25-22-32(19-17-28(25)29)21-24-6-2-1-3-7-24/h1-10,12-15,18H,11,16-17,19-22H2,(H,34,35). The minimum atomic E-state index is -0.813. The normalized spacial score (nSPS) is 19.2. The van der Waals surface area contributed by atoms with Crippen molar-refractivity contribution in [2.75, 3.05) is 6.54 Å². The van der Waals surface area contributed by atoms with Gasteiger partial charge < -0.3 is 5.11 Å². The Morgan fingerprint density at radius 2 is 1.81 bits per heavy atom. The highest BCUT2D eigenvalue weighted by molar-refractivity contribution is 5.67. The van der Waals surface area contributed by atoms with Crippen LogP contribution < -0.4 is 0 Å². The van der Waals surface area contributed by atoms with E-state index in [1.807, 2.05) is 30.4 Å². The summed E-state index contributed by atoms with van der Waals surface area (Å²) in [6.07, 6.45) is 8.35. The molecule has 0 saturated carbocycles. The molecule has 0 spiro atoms. The van der Waals surface area contributed by atoms with Gasteiger partial charge in [-0.05, 0) is 47.1 Å². The minimum Gasteiger partial charge on any atom is -0.481 e. The number of carboxylic acids is 1. The first kappa shape index (κ1) is 24.7. The van der Waals surface area contributed by atoms with E-state index in [2.05, 4.69) is 53.4 Å². The van der Waals surface area contributed by atoms with Gasteiger partial charge in [-0.3, -0.25) is 19.8 Å². The van der Waals surface area contributed by atoms with E-state index in [0.717, 1.165) is 37.2 Å². The number of nitro benzene ring substituents is 1. The number of carbonyl (C=O) groups is 1. The maximum absolute atomic E-state index is 11.3. The second-order valence-electron chi connectivity index (χ2n) is 9.92. The molecule has 1 aliphatic heterocycles. The Morgan fingerprint density at radius 1 is 1.03 bits per heavy atom. The van der Waals surface area contributed by atoms with Crippen molar-refractivity contribution in [1.29, 1.82) is 0 Å². The summed E-state index contributed by atoms with van der Waals surface area (Å²) in [5.74, 6) is -0.813. The van der Waals surface area contributed by atoms with Gasteiger partial charge in [0, 0.05) is 43.6 Å². The Labute approximate surface area is 216 Å². The van der Waals surface area contributed by atoms with Crippen LogP contribution in [0.4, 0.5) is 5.69 Å². The van der Waals surface area contributed by atoms with Crippen molar-refractivity contribution in [3.05, 3.63) is 135 Å². The zero-order chi connectivity index (χ0) is 25.8. The largest absolute Gasteiger partial charge is 0.481 e. The van der Waals surface area contributed by atoms with Gasteiger partial charge in [0.15, 0.2) is 0 Å². The number of benzene rings is 3. The molecular weight excluding hydrogens is 464 g/mol. The van der Waals surface area contributed by atoms with E-state index < -0.39 is 11.4 Å². The van der Waals surface area contributed by atoms with Gasteiger partial charge in [0.05, 0.1) is 4.92 Å². The topological polar surface area (TPSA) is 83.7 Å². The molecule has 6 heteroatoms. The number of carboxylic acid groups (broad SMARTS) is 1. The van der Waals surface area contributed by atoms with Crippen molar-refractivity contribution in [2.24, 2.45) is 0 Å². The lowest BCUT2D eigenvalue weighted by atomic mass is 9.65. The Kier molecular flexibility index (Phi) is 7.01. The van der Waals surface area contributed by atoms with Crippen molar-refractivity contribution in [3.63, 3.8) is 0 Å². The van der Waals surface area contributed by atoms with Gasteiger partial charge in [-0.15, -0.1) is 0 Å². The molecule has 5 rings (SSSR count). The van der Waals surface area contributed by atoms with E-state index in [0.29, 0.717) is 12.8 Å². The van der Waals surface area contributed by atoms with E-state index in [9.17, 15) is 20.0 Å². The SMILES string of the molecule is O=C(O)CCC1=CC=CC(c2ccc([N+](=O)[O-])cc2)(c2cccc3c2CCN(Cc2ccccc2)C3)C1. The lowest BCUT2D eigenvalue weighted by molar-refractivity contribution is -0.384. The fourth-order valence-corrected chi connectivity index (χ4v) is 5.75. The van der Waals surface area contributed by atoms with E-state index in [1.165, 1.54) is 22.3 Å². The number of fused-ring (bicyclic) bond motifs is 1. The van der Waals surface area contributed by atoms with Crippen LogP contribution in [0, 0.1) is 10.1 Å². The summed E-state index contributed by atoms with van der Waals surface area (Å²) in [4.78, 5) is 24.7. The quantitative estimate of drug-likeness (QED) is 0.298. The fraction of sp³-hybridized carbons (Fsp3) is 0.258. The first-order valence-electron chi connectivity index (χ1n) is 12.7. The predicted octanol–water partition coefficient (Wildman–Crippen LogP) is 6.19. The third-order valence-electron chi connectivity index (χ3n) is 7.55. The molecule has 2 aliphatic rings. The molecule has 1 N–H and O–H groups in total. The van der Waals surface area contributed by atoms with Gasteiger partial charge in [0.1, 0.15) is 0 Å². The van der Waals surface area contributed by atoms with E-state index in [-0.39, 0.29) is 17.0 Å². The van der Waals surface area contributed by atoms with Crippen LogP contribution in [0.3, 0.4) is 0 Å². The lowest BCUT2D eigenvalue weighted by Crippen LogP contribution is -2.34. The predicted molar refractivity (Wildman–Crippen MR) is 143 cm³/mol.